The number of halogens is 3. The second-order valence-electron chi connectivity index (χ2n) is 5.28. The van der Waals surface area contributed by atoms with Crippen LogP contribution in [0, 0.1) is 11.6 Å². The summed E-state index contributed by atoms with van der Waals surface area (Å²) in [6.45, 7) is 2.05. The van der Waals surface area contributed by atoms with Crippen LogP contribution >= 0.6 is 11.6 Å². The first-order chi connectivity index (χ1) is 11.5. The average molecular weight is 355 g/mol. The Kier molecular flexibility index (Phi) is 6.70. The minimum Gasteiger partial charge on any atom is -0.466 e. The van der Waals surface area contributed by atoms with E-state index in [9.17, 15) is 13.6 Å². The number of hydrogen-bond acceptors (Lipinski definition) is 2. The molecule has 0 spiro atoms. The third-order valence-electron chi connectivity index (χ3n) is 3.66. The normalized spacial score (nSPS) is 12.0. The lowest BCUT2D eigenvalue weighted by molar-refractivity contribution is -0.710. The molecule has 2 aromatic carbocycles. The van der Waals surface area contributed by atoms with Gasteiger partial charge in [-0.1, -0.05) is 35.9 Å². The first kappa shape index (κ1) is 18.4. The van der Waals surface area contributed by atoms with Gasteiger partial charge < -0.3 is 10.1 Å². The highest BCUT2D eigenvalue weighted by atomic mass is 35.5. The quantitative estimate of drug-likeness (QED) is 0.775. The van der Waals surface area contributed by atoms with E-state index in [-0.39, 0.29) is 31.1 Å². The van der Waals surface area contributed by atoms with E-state index in [0.29, 0.717) is 5.02 Å². The van der Waals surface area contributed by atoms with Crippen molar-refractivity contribution in [2.24, 2.45) is 0 Å². The van der Waals surface area contributed by atoms with Crippen molar-refractivity contribution in [3.05, 3.63) is 70.2 Å². The maximum Gasteiger partial charge on any atom is 0.312 e. The van der Waals surface area contributed by atoms with Crippen LogP contribution in [0.2, 0.25) is 5.02 Å². The molecule has 0 radical (unpaired) electrons. The van der Waals surface area contributed by atoms with E-state index >= 15 is 0 Å². The van der Waals surface area contributed by atoms with E-state index in [0.717, 1.165) is 5.56 Å². The molecular weight excluding hydrogens is 336 g/mol. The van der Waals surface area contributed by atoms with Gasteiger partial charge in [-0.3, -0.25) is 4.79 Å². The fourth-order valence-corrected chi connectivity index (χ4v) is 2.76. The van der Waals surface area contributed by atoms with Gasteiger partial charge in [0.05, 0.1) is 12.2 Å². The lowest BCUT2D eigenvalue weighted by Gasteiger charge is -2.17. The lowest BCUT2D eigenvalue weighted by Crippen LogP contribution is -2.84. The van der Waals surface area contributed by atoms with Crippen molar-refractivity contribution in [2.75, 3.05) is 6.61 Å². The van der Waals surface area contributed by atoms with Gasteiger partial charge in [-0.25, -0.2) is 8.78 Å². The highest BCUT2D eigenvalue weighted by Crippen LogP contribution is 2.23. The first-order valence-corrected chi connectivity index (χ1v) is 8.07. The summed E-state index contributed by atoms with van der Waals surface area (Å²) < 4.78 is 32.6. The lowest BCUT2D eigenvalue weighted by atomic mass is 10.0. The Balaban J connectivity index is 2.20. The smallest absolute Gasteiger partial charge is 0.312 e. The van der Waals surface area contributed by atoms with E-state index in [1.165, 1.54) is 18.2 Å². The summed E-state index contributed by atoms with van der Waals surface area (Å²) in [5.41, 5.74) is 0.697. The summed E-state index contributed by atoms with van der Waals surface area (Å²) in [7, 11) is 0. The molecule has 128 valence electrons. The van der Waals surface area contributed by atoms with Crippen molar-refractivity contribution in [2.45, 2.75) is 25.9 Å². The highest BCUT2D eigenvalue weighted by Gasteiger charge is 2.23. The molecule has 0 amide bonds. The van der Waals surface area contributed by atoms with Gasteiger partial charge >= 0.3 is 5.97 Å². The summed E-state index contributed by atoms with van der Waals surface area (Å²) in [4.78, 5) is 11.8. The van der Waals surface area contributed by atoms with Crippen molar-refractivity contribution in [1.29, 1.82) is 0 Å². The third-order valence-corrected chi connectivity index (χ3v) is 4.01. The molecule has 3 nitrogen and oxygen atoms in total. The molecule has 6 heteroatoms. The molecule has 0 aliphatic heterocycles. The average Bonchev–Trinajstić information content (AvgIpc) is 2.54. The van der Waals surface area contributed by atoms with Crippen molar-refractivity contribution >= 4 is 17.6 Å². The van der Waals surface area contributed by atoms with Gasteiger partial charge in [-0.15, -0.1) is 0 Å². The highest BCUT2D eigenvalue weighted by molar-refractivity contribution is 6.31. The number of hydrogen-bond donors (Lipinski definition) is 1. The van der Waals surface area contributed by atoms with Gasteiger partial charge in [-0.05, 0) is 25.1 Å². The zero-order chi connectivity index (χ0) is 17.5. The molecule has 0 saturated heterocycles. The molecule has 24 heavy (non-hydrogen) atoms. The first-order valence-electron chi connectivity index (χ1n) is 7.69. The van der Waals surface area contributed by atoms with E-state index in [1.807, 2.05) is 0 Å². The van der Waals surface area contributed by atoms with Crippen LogP contribution in [-0.2, 0) is 16.1 Å². The SMILES string of the molecule is CCOC(=O)C[C@H]([NH2+]Cc1c(F)cccc1F)c1ccccc1Cl. The second-order valence-corrected chi connectivity index (χ2v) is 5.68. The van der Waals surface area contributed by atoms with Gasteiger partial charge in [-0.2, -0.15) is 0 Å². The van der Waals surface area contributed by atoms with Crippen molar-refractivity contribution in [1.82, 2.24) is 0 Å². The van der Waals surface area contributed by atoms with Crippen LogP contribution in [0.4, 0.5) is 8.78 Å². The molecule has 2 rings (SSSR count). The standard InChI is InChI=1S/C18H18ClF2NO2/c1-2-24-18(23)10-17(12-6-3-4-7-14(12)19)22-11-13-15(20)8-5-9-16(13)21/h3-9,17,22H,2,10-11H2,1H3/p+1/t17-/m0/s1. The maximum absolute atomic E-state index is 13.8. The molecule has 2 aromatic rings. The summed E-state index contributed by atoms with van der Waals surface area (Å²) in [6, 6.07) is 10.4. The van der Waals surface area contributed by atoms with E-state index in [1.54, 1.807) is 36.5 Å². The zero-order valence-electron chi connectivity index (χ0n) is 13.3. The molecule has 2 N–H and O–H groups in total. The fraction of sp³-hybridized carbons (Fsp3) is 0.278. The van der Waals surface area contributed by atoms with Crippen LogP contribution in [-0.4, -0.2) is 12.6 Å². The van der Waals surface area contributed by atoms with Crippen molar-refractivity contribution in [3.8, 4) is 0 Å². The Hall–Kier alpha value is -1.98. The number of rotatable bonds is 7. The number of carbonyl (C=O) groups excluding carboxylic acids is 1. The topological polar surface area (TPSA) is 42.9 Å². The van der Waals surface area contributed by atoms with Crippen molar-refractivity contribution < 1.29 is 23.6 Å². The van der Waals surface area contributed by atoms with Gasteiger partial charge in [0.25, 0.3) is 0 Å². The Morgan fingerprint density at radius 2 is 1.83 bits per heavy atom. The van der Waals surface area contributed by atoms with Crippen LogP contribution in [0.5, 0.6) is 0 Å². The predicted octanol–water partition coefficient (Wildman–Crippen LogP) is 3.38. The number of ether oxygens (including phenoxy) is 1. The molecule has 0 heterocycles. The Bertz CT molecular complexity index is 689. The number of nitrogens with two attached hydrogens (primary N) is 1. The minimum atomic E-state index is -0.611. The van der Waals surface area contributed by atoms with Gasteiger partial charge in [0.1, 0.15) is 30.6 Å². The fourth-order valence-electron chi connectivity index (χ4n) is 2.48. The predicted molar refractivity (Wildman–Crippen MR) is 87.4 cm³/mol. The van der Waals surface area contributed by atoms with E-state index in [4.69, 9.17) is 16.3 Å². The molecule has 1 atom stereocenters. The zero-order valence-corrected chi connectivity index (χ0v) is 14.0. The Morgan fingerprint density at radius 1 is 1.17 bits per heavy atom. The molecular formula is C18H19ClF2NO2+. The number of benzene rings is 2. The summed E-state index contributed by atoms with van der Waals surface area (Å²) >= 11 is 6.20. The molecule has 0 saturated carbocycles. The second kappa shape index (κ2) is 8.76. The molecule has 0 fully saturated rings. The number of quaternary nitrogens is 1. The largest absolute Gasteiger partial charge is 0.466 e. The summed E-state index contributed by atoms with van der Waals surface area (Å²) in [5, 5.41) is 2.19. The van der Waals surface area contributed by atoms with E-state index in [2.05, 4.69) is 0 Å². The molecule has 0 aliphatic carbocycles. The van der Waals surface area contributed by atoms with Crippen LogP contribution < -0.4 is 5.32 Å². The van der Waals surface area contributed by atoms with Gasteiger partial charge in [0, 0.05) is 10.6 Å². The van der Waals surface area contributed by atoms with Crippen LogP contribution in [0.25, 0.3) is 0 Å². The van der Waals surface area contributed by atoms with E-state index < -0.39 is 17.7 Å². The molecule has 0 aromatic heterocycles. The van der Waals surface area contributed by atoms with Crippen LogP contribution in [0.3, 0.4) is 0 Å². The molecule has 0 bridgehead atoms. The van der Waals surface area contributed by atoms with Crippen LogP contribution in [0.15, 0.2) is 42.5 Å². The number of carbonyl (C=O) groups is 1. The van der Waals surface area contributed by atoms with Gasteiger partial charge in [0.15, 0.2) is 0 Å². The molecule has 0 aliphatic rings. The van der Waals surface area contributed by atoms with Crippen molar-refractivity contribution in [3.63, 3.8) is 0 Å². The third kappa shape index (κ3) is 4.76. The van der Waals surface area contributed by atoms with Gasteiger partial charge in [0.2, 0.25) is 0 Å². The minimum absolute atomic E-state index is 0.0292. The summed E-state index contributed by atoms with van der Waals surface area (Å²) in [6.07, 6.45) is 0.0631. The Morgan fingerprint density at radius 3 is 2.46 bits per heavy atom. The molecule has 0 unspecified atom stereocenters. The Labute approximate surface area is 144 Å². The maximum atomic E-state index is 13.8. The monoisotopic (exact) mass is 354 g/mol. The van der Waals surface area contributed by atoms with Crippen LogP contribution in [0.1, 0.15) is 30.5 Å². The number of esters is 1. The summed E-state index contributed by atoms with van der Waals surface area (Å²) in [5.74, 6) is -1.60.